The third-order valence-electron chi connectivity index (χ3n) is 9.51. The third-order valence-corrected chi connectivity index (χ3v) is 9.51. The molecule has 0 aliphatic carbocycles. The van der Waals surface area contributed by atoms with Crippen LogP contribution in [0.25, 0.3) is 38.7 Å². The first-order chi connectivity index (χ1) is 22.8. The van der Waals surface area contributed by atoms with E-state index in [1.54, 1.807) is 0 Å². The van der Waals surface area contributed by atoms with E-state index >= 15 is 0 Å². The van der Waals surface area contributed by atoms with Crippen LogP contribution in [0.1, 0.15) is 45.0 Å². The molecule has 8 heteroatoms. The summed E-state index contributed by atoms with van der Waals surface area (Å²) in [6.07, 6.45) is 5.35. The number of anilines is 3. The number of hydrogen-bond acceptors (Lipinski definition) is 5. The second-order valence-corrected chi connectivity index (χ2v) is 13.7. The van der Waals surface area contributed by atoms with E-state index in [1.165, 1.54) is 29.7 Å². The quantitative estimate of drug-likeness (QED) is 0.166. The van der Waals surface area contributed by atoms with Crippen molar-refractivity contribution in [3.05, 3.63) is 115 Å². The van der Waals surface area contributed by atoms with Gasteiger partial charge in [0.2, 0.25) is 0 Å². The zero-order valence-corrected chi connectivity index (χ0v) is 29.7. The van der Waals surface area contributed by atoms with Crippen LogP contribution in [0, 0.1) is 18.8 Å². The molecule has 0 radical (unpaired) electrons. The summed E-state index contributed by atoms with van der Waals surface area (Å²) in [5, 5.41) is 2.26. The molecule has 5 heterocycles. The van der Waals surface area contributed by atoms with E-state index in [2.05, 4.69) is 126 Å². The van der Waals surface area contributed by atoms with Crippen LogP contribution in [-0.2, 0) is 39.4 Å². The van der Waals surface area contributed by atoms with Gasteiger partial charge in [-0.15, -0.1) is 41.4 Å². The number of aromatic nitrogens is 4. The summed E-state index contributed by atoms with van der Waals surface area (Å²) in [6, 6.07) is 34.4. The summed E-state index contributed by atoms with van der Waals surface area (Å²) in [5.41, 5.74) is 8.64. The van der Waals surface area contributed by atoms with Crippen LogP contribution in [0.5, 0.6) is 11.5 Å². The molecule has 2 aliphatic rings. The number of nitrogens with zero attached hydrogens (tertiary/aromatic N) is 6. The summed E-state index contributed by atoms with van der Waals surface area (Å²) in [6.45, 7) is 9.82. The molecule has 0 bridgehead atoms. The number of hydrogen-bond donors (Lipinski definition) is 0. The van der Waals surface area contributed by atoms with E-state index in [4.69, 9.17) is 14.7 Å². The topological polar surface area (TPSA) is 51.4 Å². The maximum absolute atomic E-state index is 6.48. The van der Waals surface area contributed by atoms with Gasteiger partial charge in [0, 0.05) is 68.6 Å². The van der Waals surface area contributed by atoms with E-state index in [0.29, 0.717) is 11.5 Å². The fourth-order valence-electron chi connectivity index (χ4n) is 7.09. The van der Waals surface area contributed by atoms with Gasteiger partial charge in [0.05, 0.1) is 11.0 Å². The molecule has 0 spiro atoms. The fourth-order valence-corrected chi connectivity index (χ4v) is 7.09. The number of rotatable bonds is 4. The molecular weight excluding hydrogens is 776 g/mol. The molecule has 0 fully saturated rings. The van der Waals surface area contributed by atoms with Gasteiger partial charge < -0.3 is 23.7 Å². The molecule has 0 unspecified atom stereocenters. The second kappa shape index (κ2) is 11.5. The minimum absolute atomic E-state index is 0. The molecule has 48 heavy (non-hydrogen) atoms. The van der Waals surface area contributed by atoms with Gasteiger partial charge in [0.15, 0.2) is 0 Å². The van der Waals surface area contributed by atoms with E-state index in [1.807, 2.05) is 24.4 Å². The van der Waals surface area contributed by atoms with Gasteiger partial charge in [-0.05, 0) is 66.6 Å². The Morgan fingerprint density at radius 3 is 2.56 bits per heavy atom. The van der Waals surface area contributed by atoms with Crippen molar-refractivity contribution in [2.75, 3.05) is 16.8 Å². The molecule has 3 aromatic heterocycles. The van der Waals surface area contributed by atoms with Crippen LogP contribution < -0.4 is 14.5 Å². The van der Waals surface area contributed by atoms with Crippen molar-refractivity contribution in [2.45, 2.75) is 52.0 Å². The van der Waals surface area contributed by atoms with Crippen LogP contribution in [0.15, 0.2) is 85.1 Å². The molecule has 0 N–H and O–H groups in total. The predicted octanol–water partition coefficient (Wildman–Crippen LogP) is 9.26. The maximum Gasteiger partial charge on any atom is 0.135 e. The van der Waals surface area contributed by atoms with Gasteiger partial charge >= 0.3 is 0 Å². The molecule has 0 saturated carbocycles. The summed E-state index contributed by atoms with van der Waals surface area (Å²) in [5.74, 6) is 3.30. The summed E-state index contributed by atoms with van der Waals surface area (Å²) < 4.78 is 11.1. The number of imidazole rings is 1. The van der Waals surface area contributed by atoms with Crippen molar-refractivity contribution in [1.29, 1.82) is 0 Å². The largest absolute Gasteiger partial charge is 0.509 e. The van der Waals surface area contributed by atoms with Crippen LogP contribution in [0.3, 0.4) is 0 Å². The Morgan fingerprint density at radius 2 is 1.69 bits per heavy atom. The SMILES string of the molecule is CN1[CH-]N(c2[c-]c(Oc3[c-]c4c(cc3)c3ccccc3n4-c3cc(C(C)(C)C)ccn3)ccc2)c2cc3nc4n(c3cc21)CCCC4.[Pt]. The molecule has 0 atom stereocenters. The van der Waals surface area contributed by atoms with Crippen molar-refractivity contribution < 1.29 is 25.8 Å². The van der Waals surface area contributed by atoms with Gasteiger partial charge in [-0.2, -0.15) is 18.8 Å². The summed E-state index contributed by atoms with van der Waals surface area (Å²) >= 11 is 0. The monoisotopic (exact) mass is 810 g/mol. The fraction of sp³-hybridized carbons (Fsp3) is 0.225. The second-order valence-electron chi connectivity index (χ2n) is 13.7. The third kappa shape index (κ3) is 4.98. The Hall–Kier alpha value is -4.61. The van der Waals surface area contributed by atoms with Crippen LogP contribution in [-0.4, -0.2) is 26.1 Å². The molecule has 7 nitrogen and oxygen atoms in total. The average Bonchev–Trinajstić information content (AvgIpc) is 3.72. The van der Waals surface area contributed by atoms with Crippen molar-refractivity contribution in [1.82, 2.24) is 19.1 Å². The Balaban J connectivity index is 0.00000336. The van der Waals surface area contributed by atoms with Crippen LogP contribution in [0.4, 0.5) is 17.1 Å². The molecule has 2 aliphatic heterocycles. The first-order valence-electron chi connectivity index (χ1n) is 16.3. The molecule has 9 rings (SSSR count). The van der Waals surface area contributed by atoms with Gasteiger partial charge in [0.25, 0.3) is 0 Å². The Morgan fingerprint density at radius 1 is 0.833 bits per heavy atom. The summed E-state index contributed by atoms with van der Waals surface area (Å²) in [4.78, 5) is 14.1. The van der Waals surface area contributed by atoms with Crippen molar-refractivity contribution in [2.24, 2.45) is 0 Å². The number of para-hydroxylation sites is 1. The van der Waals surface area contributed by atoms with Crippen LogP contribution in [0.2, 0.25) is 0 Å². The smallest absolute Gasteiger partial charge is 0.135 e. The standard InChI is InChI=1S/C40H35N6O.Pt/c1-40(2,3)26-17-18-41-39(20-26)46-33-13-6-5-12-30(33)31-16-15-29(22-34(31)46)47-28-11-9-10-27(21-28)45-25-43(4)36-24-35-32(23-37(36)45)42-38-14-7-8-19-44(35)38;/h5-6,9-13,15-18,20,23-25H,7-8,14,19H2,1-4H3;/q-3;. The van der Waals surface area contributed by atoms with E-state index in [9.17, 15) is 0 Å². The number of benzene rings is 4. The Bertz CT molecular complexity index is 2350. The number of fused-ring (bicyclic) bond motifs is 7. The van der Waals surface area contributed by atoms with Gasteiger partial charge in [-0.1, -0.05) is 44.5 Å². The Labute approximate surface area is 295 Å². The van der Waals surface area contributed by atoms with Gasteiger partial charge in [-0.25, -0.2) is 9.97 Å². The minimum Gasteiger partial charge on any atom is -0.509 e. The number of ether oxygens (including phenoxy) is 1. The van der Waals surface area contributed by atoms with Crippen molar-refractivity contribution >= 4 is 49.9 Å². The van der Waals surface area contributed by atoms with Crippen molar-refractivity contribution in [3.8, 4) is 17.3 Å². The van der Waals surface area contributed by atoms with Crippen molar-refractivity contribution in [3.63, 3.8) is 0 Å². The minimum atomic E-state index is 0. The molecule has 0 saturated heterocycles. The average molecular weight is 811 g/mol. The normalized spacial score (nSPS) is 14.4. The van der Waals surface area contributed by atoms with E-state index in [0.717, 1.165) is 63.2 Å². The van der Waals surface area contributed by atoms with Gasteiger partial charge in [0.1, 0.15) is 11.6 Å². The zero-order valence-electron chi connectivity index (χ0n) is 27.4. The molecular formula is C40H35N6OPt-3. The maximum atomic E-state index is 6.48. The number of aryl methyl sites for hydroxylation is 2. The van der Waals surface area contributed by atoms with E-state index < -0.39 is 0 Å². The van der Waals surface area contributed by atoms with E-state index in [-0.39, 0.29) is 26.5 Å². The predicted molar refractivity (Wildman–Crippen MR) is 189 cm³/mol. The Kier molecular flexibility index (Phi) is 7.37. The first kappa shape index (κ1) is 30.7. The first-order valence-corrected chi connectivity index (χ1v) is 16.3. The van der Waals surface area contributed by atoms with Crippen LogP contribution >= 0.6 is 0 Å². The van der Waals surface area contributed by atoms with Gasteiger partial charge in [-0.3, -0.25) is 0 Å². The number of pyridine rings is 1. The molecule has 244 valence electrons. The summed E-state index contributed by atoms with van der Waals surface area (Å²) in [7, 11) is 2.09. The molecule has 4 aromatic carbocycles. The molecule has 7 aromatic rings. The molecule has 0 amide bonds. The zero-order chi connectivity index (χ0) is 31.9.